The first-order chi connectivity index (χ1) is 14.2. The average Bonchev–Trinajstić information content (AvgIpc) is 2.74. The normalized spacial score (nSPS) is 13.3. The van der Waals surface area contributed by atoms with Gasteiger partial charge in [0.05, 0.1) is 12.7 Å². The quantitative estimate of drug-likeness (QED) is 0.359. The highest BCUT2D eigenvalue weighted by Gasteiger charge is 2.48. The molecule has 0 spiro atoms. The van der Waals surface area contributed by atoms with E-state index in [1.807, 2.05) is 0 Å². The molecule has 0 aromatic heterocycles. The Hall–Kier alpha value is -3.07. The summed E-state index contributed by atoms with van der Waals surface area (Å²) in [5, 5.41) is 32.7. The summed E-state index contributed by atoms with van der Waals surface area (Å²) in [6.07, 6.45) is 0. The van der Waals surface area contributed by atoms with Crippen molar-refractivity contribution in [1.29, 1.82) is 0 Å². The van der Waals surface area contributed by atoms with Crippen LogP contribution in [0.5, 0.6) is 17.2 Å². The van der Waals surface area contributed by atoms with Gasteiger partial charge in [0.25, 0.3) is 5.91 Å². The van der Waals surface area contributed by atoms with Crippen molar-refractivity contribution < 1.29 is 43.3 Å². The van der Waals surface area contributed by atoms with Gasteiger partial charge >= 0.3 is 13.6 Å². The summed E-state index contributed by atoms with van der Waals surface area (Å²) < 4.78 is 28.1. The van der Waals surface area contributed by atoms with E-state index in [1.165, 1.54) is 12.1 Å². The molecule has 10 nitrogen and oxygen atoms in total. The molecule has 30 heavy (non-hydrogen) atoms. The molecule has 1 amide bonds. The third-order valence-corrected chi connectivity index (χ3v) is 6.62. The maximum Gasteiger partial charge on any atom is 0.340 e. The number of amides is 1. The van der Waals surface area contributed by atoms with Gasteiger partial charge in [0.2, 0.25) is 0 Å². The number of hydrogen-bond donors (Lipinski definition) is 4. The van der Waals surface area contributed by atoms with Crippen LogP contribution in [0.3, 0.4) is 0 Å². The number of benzene rings is 2. The van der Waals surface area contributed by atoms with Gasteiger partial charge in [0, 0.05) is 31.9 Å². The molecule has 4 N–H and O–H groups in total. The van der Waals surface area contributed by atoms with Crippen molar-refractivity contribution in [3.63, 3.8) is 0 Å². The molecule has 0 aliphatic heterocycles. The van der Waals surface area contributed by atoms with Crippen molar-refractivity contribution in [3.8, 4) is 17.2 Å². The van der Waals surface area contributed by atoms with Crippen molar-refractivity contribution in [3.05, 3.63) is 53.6 Å². The Bertz CT molecular complexity index is 933. The minimum Gasteiger partial charge on any atom is -0.508 e. The number of hydrogen-bond acceptors (Lipinski definition) is 9. The van der Waals surface area contributed by atoms with Gasteiger partial charge in [-0.2, -0.15) is 0 Å². The smallest absolute Gasteiger partial charge is 0.340 e. The first-order valence-electron chi connectivity index (χ1n) is 8.58. The number of esters is 1. The van der Waals surface area contributed by atoms with Crippen LogP contribution >= 0.6 is 7.60 Å². The molecule has 0 bridgehead atoms. The zero-order valence-corrected chi connectivity index (χ0v) is 17.3. The fourth-order valence-corrected chi connectivity index (χ4v) is 4.67. The number of phenolic OH excluding ortho intramolecular Hbond substituents is 3. The molecule has 0 radical (unpaired) electrons. The fourth-order valence-electron chi connectivity index (χ4n) is 2.93. The molecule has 0 saturated carbocycles. The van der Waals surface area contributed by atoms with Gasteiger partial charge in [0.15, 0.2) is 0 Å². The van der Waals surface area contributed by atoms with E-state index < -0.39 is 54.0 Å². The lowest BCUT2D eigenvalue weighted by atomic mass is 10.0. The zero-order valence-electron chi connectivity index (χ0n) is 16.4. The van der Waals surface area contributed by atoms with Crippen molar-refractivity contribution in [1.82, 2.24) is 5.32 Å². The predicted molar refractivity (Wildman–Crippen MR) is 106 cm³/mol. The van der Waals surface area contributed by atoms with Crippen molar-refractivity contribution >= 4 is 19.5 Å². The molecule has 0 heterocycles. The van der Waals surface area contributed by atoms with Crippen molar-refractivity contribution in [2.24, 2.45) is 0 Å². The number of rotatable bonds is 8. The van der Waals surface area contributed by atoms with Gasteiger partial charge in [-0.3, -0.25) is 9.36 Å². The van der Waals surface area contributed by atoms with Crippen LogP contribution in [0.1, 0.15) is 21.6 Å². The van der Waals surface area contributed by atoms with Gasteiger partial charge in [-0.1, -0.05) is 18.2 Å². The molecule has 0 aliphatic carbocycles. The van der Waals surface area contributed by atoms with Crippen LogP contribution < -0.4 is 5.32 Å². The standard InChI is InChI=1S/C19H22NO9P/c1-27-19(25)16(20-18(24)11-7-5-4-6-8-11)17(30(26,28-2)29-3)15-13(22)9-12(21)10-14(15)23/h4-10,16-17,21-23H,1-3H3,(H,20,24)/t16-,17+/m1/s1. The lowest BCUT2D eigenvalue weighted by molar-refractivity contribution is -0.143. The summed E-state index contributed by atoms with van der Waals surface area (Å²) in [5.41, 5.74) is -1.97. The Morgan fingerprint density at radius 2 is 1.50 bits per heavy atom. The summed E-state index contributed by atoms with van der Waals surface area (Å²) in [6, 6.07) is 7.90. The number of phenols is 3. The van der Waals surface area contributed by atoms with Crippen molar-refractivity contribution in [2.45, 2.75) is 11.7 Å². The minimum atomic E-state index is -4.27. The molecular weight excluding hydrogens is 417 g/mol. The third-order valence-electron chi connectivity index (χ3n) is 4.36. The second-order valence-corrected chi connectivity index (χ2v) is 8.45. The molecule has 11 heteroatoms. The maximum absolute atomic E-state index is 13.3. The number of carbonyl (C=O) groups is 2. The fraction of sp³-hybridized carbons (Fsp3) is 0.263. The van der Waals surface area contributed by atoms with E-state index in [4.69, 9.17) is 13.8 Å². The van der Waals surface area contributed by atoms with E-state index in [2.05, 4.69) is 5.32 Å². The minimum absolute atomic E-state index is 0.189. The highest BCUT2D eigenvalue weighted by molar-refractivity contribution is 7.54. The first kappa shape index (κ1) is 23.2. The van der Waals surface area contributed by atoms with E-state index in [-0.39, 0.29) is 5.56 Å². The Balaban J connectivity index is 2.67. The molecule has 0 unspecified atom stereocenters. The maximum atomic E-state index is 13.3. The second kappa shape index (κ2) is 9.62. The van der Waals surface area contributed by atoms with E-state index >= 15 is 0 Å². The van der Waals surface area contributed by atoms with E-state index in [0.29, 0.717) is 0 Å². The number of methoxy groups -OCH3 is 1. The first-order valence-corrected chi connectivity index (χ1v) is 10.2. The molecule has 162 valence electrons. The van der Waals surface area contributed by atoms with Crippen LogP contribution in [0.15, 0.2) is 42.5 Å². The Kier molecular flexibility index (Phi) is 7.44. The van der Waals surface area contributed by atoms with Crippen LogP contribution in [0.2, 0.25) is 0 Å². The summed E-state index contributed by atoms with van der Waals surface area (Å²) in [4.78, 5) is 25.3. The van der Waals surface area contributed by atoms with Crippen LogP contribution in [0, 0.1) is 0 Å². The molecule has 0 aliphatic rings. The average molecular weight is 439 g/mol. The summed E-state index contributed by atoms with van der Waals surface area (Å²) in [5.74, 6) is -3.64. The van der Waals surface area contributed by atoms with Gasteiger partial charge in [-0.05, 0) is 12.1 Å². The SMILES string of the molecule is COC(=O)[C@H](NC(=O)c1ccccc1)[C@H](c1c(O)cc(O)cc1O)P(=O)(OC)OC. The largest absolute Gasteiger partial charge is 0.508 e. The van der Waals surface area contributed by atoms with Crippen LogP contribution in [-0.4, -0.2) is 54.6 Å². The zero-order chi connectivity index (χ0) is 22.5. The topological polar surface area (TPSA) is 152 Å². The van der Waals surface area contributed by atoms with Crippen LogP contribution in [0.4, 0.5) is 0 Å². The Morgan fingerprint density at radius 3 is 1.97 bits per heavy atom. The molecule has 2 rings (SSSR count). The van der Waals surface area contributed by atoms with Gasteiger partial charge in [0.1, 0.15) is 28.9 Å². The van der Waals surface area contributed by atoms with E-state index in [1.54, 1.807) is 18.2 Å². The summed E-state index contributed by atoms with van der Waals surface area (Å²) in [7, 11) is -1.14. The molecule has 0 saturated heterocycles. The number of nitrogens with one attached hydrogen (secondary N) is 1. The van der Waals surface area contributed by atoms with E-state index in [9.17, 15) is 29.5 Å². The molecule has 2 aromatic carbocycles. The Labute approximate surface area is 172 Å². The highest BCUT2D eigenvalue weighted by atomic mass is 31.2. The predicted octanol–water partition coefficient (Wildman–Crippen LogP) is 2.30. The lowest BCUT2D eigenvalue weighted by Gasteiger charge is -2.31. The molecule has 2 atom stereocenters. The number of aromatic hydroxyl groups is 3. The molecule has 2 aromatic rings. The second-order valence-electron chi connectivity index (χ2n) is 6.09. The van der Waals surface area contributed by atoms with Gasteiger partial charge in [-0.15, -0.1) is 0 Å². The van der Waals surface area contributed by atoms with E-state index in [0.717, 1.165) is 33.5 Å². The number of carbonyl (C=O) groups excluding carboxylic acids is 2. The molecule has 0 fully saturated rings. The Morgan fingerprint density at radius 1 is 0.967 bits per heavy atom. The summed E-state index contributed by atoms with van der Waals surface area (Å²) >= 11 is 0. The molecular formula is C19H22NO9P. The van der Waals surface area contributed by atoms with Gasteiger partial charge in [-0.25, -0.2) is 4.79 Å². The summed E-state index contributed by atoms with van der Waals surface area (Å²) in [6.45, 7) is 0. The lowest BCUT2D eigenvalue weighted by Crippen LogP contribution is -2.45. The monoisotopic (exact) mass is 439 g/mol. The van der Waals surface area contributed by atoms with Crippen LogP contribution in [0.25, 0.3) is 0 Å². The van der Waals surface area contributed by atoms with Crippen LogP contribution in [-0.2, 0) is 23.1 Å². The van der Waals surface area contributed by atoms with Gasteiger partial charge < -0.3 is 34.4 Å². The van der Waals surface area contributed by atoms with Crippen molar-refractivity contribution in [2.75, 3.05) is 21.3 Å². The third kappa shape index (κ3) is 4.73. The highest BCUT2D eigenvalue weighted by Crippen LogP contribution is 2.64. The number of ether oxygens (including phenoxy) is 1.